The monoisotopic (exact) mass is 489 g/mol. The molecule has 4 rings (SSSR count). The number of nitrogen functional groups attached to an aromatic ring is 1. The van der Waals surface area contributed by atoms with E-state index in [1.807, 2.05) is 0 Å². The Morgan fingerprint density at radius 2 is 2.12 bits per heavy atom. The average Bonchev–Trinajstić information content (AvgIpc) is 3.11. The number of carbonyl (C=O) groups is 2. The fraction of sp³-hybridized carbons (Fsp3) is 0.364. The number of amides is 2. The first kappa shape index (κ1) is 22.8. The van der Waals surface area contributed by atoms with Gasteiger partial charge in [-0.3, -0.25) is 9.59 Å². The predicted octanol–water partition coefficient (Wildman–Crippen LogP) is 4.24. The summed E-state index contributed by atoms with van der Waals surface area (Å²) in [6.07, 6.45) is 3.22. The molecular formula is C22H24ClN5O2S2. The highest BCUT2D eigenvalue weighted by molar-refractivity contribution is 7.99. The standard InChI is InChI=1S/C22H24ClN5O2S2/c1-12-7-8-13-16(9-12)32-21-19(13)20(24)26-22(27-21)31-11-18(30)28(2)10-17(29)25-15-6-4-3-5-14(15)23/h3-6,12H,7-11H2,1-2H3,(H,25,29)(H2,24,26,27). The van der Waals surface area contributed by atoms with Gasteiger partial charge in [0, 0.05) is 11.9 Å². The number of benzene rings is 1. The van der Waals surface area contributed by atoms with Gasteiger partial charge in [-0.05, 0) is 42.9 Å². The summed E-state index contributed by atoms with van der Waals surface area (Å²) in [7, 11) is 1.59. The van der Waals surface area contributed by atoms with Gasteiger partial charge >= 0.3 is 0 Å². The third-order valence-electron chi connectivity index (χ3n) is 5.44. The van der Waals surface area contributed by atoms with E-state index in [0.717, 1.165) is 29.5 Å². The molecule has 2 aromatic heterocycles. The van der Waals surface area contributed by atoms with Crippen molar-refractivity contribution in [1.82, 2.24) is 14.9 Å². The highest BCUT2D eigenvalue weighted by Gasteiger charge is 2.23. The Morgan fingerprint density at radius 3 is 2.91 bits per heavy atom. The molecule has 1 aliphatic rings. The molecule has 32 heavy (non-hydrogen) atoms. The quantitative estimate of drug-likeness (QED) is 0.396. The van der Waals surface area contributed by atoms with Gasteiger partial charge in [0.05, 0.1) is 28.4 Å². The van der Waals surface area contributed by atoms with Gasteiger partial charge in [-0.1, -0.05) is 42.4 Å². The fourth-order valence-electron chi connectivity index (χ4n) is 3.71. The Hall–Kier alpha value is -2.36. The maximum absolute atomic E-state index is 12.5. The van der Waals surface area contributed by atoms with Crippen LogP contribution in [0.4, 0.5) is 11.5 Å². The molecule has 1 unspecified atom stereocenters. The molecule has 2 amide bonds. The van der Waals surface area contributed by atoms with Gasteiger partial charge in [-0.25, -0.2) is 9.97 Å². The van der Waals surface area contributed by atoms with Crippen molar-refractivity contribution in [3.8, 4) is 0 Å². The van der Waals surface area contributed by atoms with Gasteiger partial charge in [0.25, 0.3) is 0 Å². The zero-order valence-electron chi connectivity index (χ0n) is 17.9. The van der Waals surface area contributed by atoms with Crippen LogP contribution in [0.25, 0.3) is 10.2 Å². The van der Waals surface area contributed by atoms with Crippen molar-refractivity contribution in [2.45, 2.75) is 31.3 Å². The summed E-state index contributed by atoms with van der Waals surface area (Å²) >= 11 is 8.96. The van der Waals surface area contributed by atoms with Crippen LogP contribution in [0.5, 0.6) is 0 Å². The van der Waals surface area contributed by atoms with Crippen LogP contribution >= 0.6 is 34.7 Å². The van der Waals surface area contributed by atoms with E-state index in [2.05, 4.69) is 22.2 Å². The van der Waals surface area contributed by atoms with Crippen molar-refractivity contribution in [2.75, 3.05) is 30.4 Å². The Labute approximate surface area is 199 Å². The van der Waals surface area contributed by atoms with Crippen molar-refractivity contribution in [2.24, 2.45) is 5.92 Å². The normalized spacial score (nSPS) is 15.4. The number of aryl methyl sites for hydroxylation is 1. The molecule has 0 fully saturated rings. The average molecular weight is 490 g/mol. The number of fused-ring (bicyclic) bond motifs is 3. The number of para-hydroxylation sites is 1. The van der Waals surface area contributed by atoms with Crippen LogP contribution in [0.3, 0.4) is 0 Å². The van der Waals surface area contributed by atoms with Crippen molar-refractivity contribution in [3.63, 3.8) is 0 Å². The largest absolute Gasteiger partial charge is 0.383 e. The summed E-state index contributed by atoms with van der Waals surface area (Å²) in [5.41, 5.74) is 8.06. The third kappa shape index (κ3) is 5.00. The Kier molecular flexibility index (Phi) is 6.88. The van der Waals surface area contributed by atoms with Crippen LogP contribution < -0.4 is 11.1 Å². The molecule has 2 heterocycles. The van der Waals surface area contributed by atoms with Crippen LogP contribution in [0.2, 0.25) is 5.02 Å². The molecule has 0 radical (unpaired) electrons. The molecule has 0 saturated heterocycles. The first-order valence-electron chi connectivity index (χ1n) is 10.3. The minimum atomic E-state index is -0.320. The summed E-state index contributed by atoms with van der Waals surface area (Å²) in [5, 5.41) is 4.61. The van der Waals surface area contributed by atoms with Crippen LogP contribution in [0.15, 0.2) is 29.4 Å². The van der Waals surface area contributed by atoms with Gasteiger partial charge in [0.15, 0.2) is 5.16 Å². The number of hydrogen-bond donors (Lipinski definition) is 2. The maximum atomic E-state index is 12.5. The molecule has 0 saturated carbocycles. The van der Waals surface area contributed by atoms with Crippen LogP contribution in [0.1, 0.15) is 23.8 Å². The molecule has 0 aliphatic heterocycles. The fourth-order valence-corrected chi connectivity index (χ4v) is 6.13. The summed E-state index contributed by atoms with van der Waals surface area (Å²) < 4.78 is 0. The number of anilines is 2. The predicted molar refractivity (Wildman–Crippen MR) is 131 cm³/mol. The number of halogens is 1. The Bertz CT molecular complexity index is 1180. The first-order chi connectivity index (χ1) is 15.3. The van der Waals surface area contributed by atoms with E-state index >= 15 is 0 Å². The lowest BCUT2D eigenvalue weighted by Crippen LogP contribution is -2.36. The number of aromatic nitrogens is 2. The Balaban J connectivity index is 1.37. The molecule has 10 heteroatoms. The molecule has 0 bridgehead atoms. The number of nitrogens with two attached hydrogens (primary N) is 1. The molecule has 1 aromatic carbocycles. The number of thiophene rings is 1. The lowest BCUT2D eigenvalue weighted by molar-refractivity contribution is -0.131. The second-order valence-corrected chi connectivity index (χ2v) is 10.4. The van der Waals surface area contributed by atoms with E-state index in [9.17, 15) is 9.59 Å². The lowest BCUT2D eigenvalue weighted by atomic mass is 9.89. The highest BCUT2D eigenvalue weighted by atomic mass is 35.5. The summed E-state index contributed by atoms with van der Waals surface area (Å²) in [4.78, 5) is 37.5. The molecule has 1 aliphatic carbocycles. The second kappa shape index (κ2) is 9.64. The van der Waals surface area contributed by atoms with Gasteiger partial charge < -0.3 is 16.0 Å². The van der Waals surface area contributed by atoms with Crippen molar-refractivity contribution < 1.29 is 9.59 Å². The minimum absolute atomic E-state index is 0.0809. The van der Waals surface area contributed by atoms with Gasteiger partial charge in [0.2, 0.25) is 11.8 Å². The third-order valence-corrected chi connectivity index (χ3v) is 7.75. The van der Waals surface area contributed by atoms with Gasteiger partial charge in [0.1, 0.15) is 10.6 Å². The first-order valence-corrected chi connectivity index (χ1v) is 12.5. The van der Waals surface area contributed by atoms with E-state index in [0.29, 0.717) is 27.6 Å². The second-order valence-electron chi connectivity index (χ2n) is 7.99. The SMILES string of the molecule is CC1CCc2c(sc3nc(SCC(=O)N(C)CC(=O)Nc4ccccc4Cl)nc(N)c23)C1. The van der Waals surface area contributed by atoms with E-state index in [1.165, 1.54) is 27.1 Å². The summed E-state index contributed by atoms with van der Waals surface area (Å²) in [6, 6.07) is 6.96. The highest BCUT2D eigenvalue weighted by Crippen LogP contribution is 2.39. The van der Waals surface area contributed by atoms with Crippen LogP contribution in [-0.4, -0.2) is 46.0 Å². The van der Waals surface area contributed by atoms with Gasteiger partial charge in [-0.2, -0.15) is 0 Å². The number of rotatable bonds is 6. The van der Waals surface area contributed by atoms with Crippen LogP contribution in [-0.2, 0) is 22.4 Å². The van der Waals surface area contributed by atoms with E-state index < -0.39 is 0 Å². The van der Waals surface area contributed by atoms with Crippen molar-refractivity contribution >= 4 is 68.2 Å². The maximum Gasteiger partial charge on any atom is 0.244 e. The van der Waals surface area contributed by atoms with E-state index in [1.54, 1.807) is 42.6 Å². The molecule has 1 atom stereocenters. The molecular weight excluding hydrogens is 466 g/mol. The summed E-state index contributed by atoms with van der Waals surface area (Å²) in [6.45, 7) is 2.18. The molecule has 7 nitrogen and oxygen atoms in total. The molecule has 3 N–H and O–H groups in total. The Morgan fingerprint density at radius 1 is 1.34 bits per heavy atom. The minimum Gasteiger partial charge on any atom is -0.383 e. The van der Waals surface area contributed by atoms with E-state index in [4.69, 9.17) is 17.3 Å². The van der Waals surface area contributed by atoms with Crippen molar-refractivity contribution in [1.29, 1.82) is 0 Å². The number of carbonyl (C=O) groups excluding carboxylic acids is 2. The number of nitrogens with one attached hydrogen (secondary N) is 1. The van der Waals surface area contributed by atoms with Gasteiger partial charge in [-0.15, -0.1) is 11.3 Å². The number of hydrogen-bond acceptors (Lipinski definition) is 7. The van der Waals surface area contributed by atoms with Crippen LogP contribution in [0, 0.1) is 5.92 Å². The zero-order valence-corrected chi connectivity index (χ0v) is 20.2. The summed E-state index contributed by atoms with van der Waals surface area (Å²) in [5.74, 6) is 0.736. The molecule has 3 aromatic rings. The molecule has 168 valence electrons. The molecule has 0 spiro atoms. The van der Waals surface area contributed by atoms with Crippen molar-refractivity contribution in [3.05, 3.63) is 39.7 Å². The van der Waals surface area contributed by atoms with E-state index in [-0.39, 0.29) is 24.1 Å². The smallest absolute Gasteiger partial charge is 0.244 e. The number of nitrogens with zero attached hydrogens (tertiary/aromatic N) is 3. The zero-order chi connectivity index (χ0) is 22.8. The number of likely N-dealkylation sites (N-methyl/N-ethyl adjacent to an activating group) is 1. The number of thioether (sulfide) groups is 1. The lowest BCUT2D eigenvalue weighted by Gasteiger charge is -2.18. The topological polar surface area (TPSA) is 101 Å².